The standard InChI is InChI=1S/C19H18N4O3/c1-13(11-14-7-9-15(10-8-14)19(25)26)21-18(24)17-12-20-23(22-17)16-5-3-2-4-6-16/h2-10,12-13H,11H2,1H3,(H,21,24)(H,25,26). The van der Waals surface area contributed by atoms with E-state index in [1.54, 1.807) is 24.3 Å². The van der Waals surface area contributed by atoms with E-state index in [4.69, 9.17) is 5.11 Å². The lowest BCUT2D eigenvalue weighted by molar-refractivity contribution is 0.0696. The highest BCUT2D eigenvalue weighted by Crippen LogP contribution is 2.08. The first-order valence-electron chi connectivity index (χ1n) is 8.14. The second kappa shape index (κ2) is 7.60. The fourth-order valence-corrected chi connectivity index (χ4v) is 2.54. The van der Waals surface area contributed by atoms with Gasteiger partial charge in [0.1, 0.15) is 0 Å². The minimum absolute atomic E-state index is 0.139. The van der Waals surface area contributed by atoms with Gasteiger partial charge in [-0.15, -0.1) is 5.10 Å². The molecule has 0 saturated carbocycles. The number of para-hydroxylation sites is 1. The number of hydrogen-bond donors (Lipinski definition) is 2. The first-order valence-corrected chi connectivity index (χ1v) is 8.14. The largest absolute Gasteiger partial charge is 0.478 e. The zero-order valence-corrected chi connectivity index (χ0v) is 14.2. The number of benzene rings is 2. The fourth-order valence-electron chi connectivity index (χ4n) is 2.54. The molecule has 1 heterocycles. The maximum atomic E-state index is 12.3. The topological polar surface area (TPSA) is 97.1 Å². The van der Waals surface area contributed by atoms with Crippen molar-refractivity contribution in [2.24, 2.45) is 0 Å². The summed E-state index contributed by atoms with van der Waals surface area (Å²) < 4.78 is 0. The molecule has 3 rings (SSSR count). The van der Waals surface area contributed by atoms with E-state index in [2.05, 4.69) is 15.5 Å². The van der Waals surface area contributed by atoms with Crippen LogP contribution in [0.15, 0.2) is 60.8 Å². The van der Waals surface area contributed by atoms with Gasteiger partial charge >= 0.3 is 5.97 Å². The van der Waals surface area contributed by atoms with Crippen LogP contribution in [0.1, 0.15) is 33.3 Å². The molecule has 0 spiro atoms. The molecule has 0 saturated heterocycles. The normalized spacial score (nSPS) is 11.7. The molecule has 0 fully saturated rings. The number of nitrogens with zero attached hydrogens (tertiary/aromatic N) is 3. The van der Waals surface area contributed by atoms with Crippen molar-refractivity contribution in [2.45, 2.75) is 19.4 Å². The summed E-state index contributed by atoms with van der Waals surface area (Å²) >= 11 is 0. The van der Waals surface area contributed by atoms with Gasteiger partial charge in [0.2, 0.25) is 0 Å². The number of hydrogen-bond acceptors (Lipinski definition) is 4. The molecule has 132 valence electrons. The van der Waals surface area contributed by atoms with Gasteiger partial charge in [-0.3, -0.25) is 4.79 Å². The Balaban J connectivity index is 1.61. The molecule has 7 heteroatoms. The van der Waals surface area contributed by atoms with Crippen LogP contribution in [-0.4, -0.2) is 38.0 Å². The van der Waals surface area contributed by atoms with Crippen LogP contribution in [0.5, 0.6) is 0 Å². The Morgan fingerprint density at radius 3 is 2.46 bits per heavy atom. The molecule has 0 bridgehead atoms. The van der Waals surface area contributed by atoms with Gasteiger partial charge in [-0.2, -0.15) is 9.90 Å². The van der Waals surface area contributed by atoms with Crippen molar-refractivity contribution >= 4 is 11.9 Å². The summed E-state index contributed by atoms with van der Waals surface area (Å²) in [5.74, 6) is -1.26. The van der Waals surface area contributed by atoms with Gasteiger partial charge in [-0.05, 0) is 43.2 Å². The number of carboxylic acids is 1. The van der Waals surface area contributed by atoms with Crippen LogP contribution in [-0.2, 0) is 6.42 Å². The summed E-state index contributed by atoms with van der Waals surface area (Å²) in [6, 6.07) is 15.8. The van der Waals surface area contributed by atoms with Crippen LogP contribution < -0.4 is 5.32 Å². The summed E-state index contributed by atoms with van der Waals surface area (Å²) in [7, 11) is 0. The van der Waals surface area contributed by atoms with Crippen molar-refractivity contribution in [3.63, 3.8) is 0 Å². The Bertz CT molecular complexity index is 904. The third-order valence-corrected chi connectivity index (χ3v) is 3.83. The third kappa shape index (κ3) is 4.13. The van der Waals surface area contributed by atoms with Crippen molar-refractivity contribution in [3.8, 4) is 5.69 Å². The van der Waals surface area contributed by atoms with Crippen LogP contribution in [0.3, 0.4) is 0 Å². The van der Waals surface area contributed by atoms with Crippen molar-refractivity contribution < 1.29 is 14.7 Å². The van der Waals surface area contributed by atoms with E-state index < -0.39 is 5.97 Å². The maximum absolute atomic E-state index is 12.3. The van der Waals surface area contributed by atoms with Crippen molar-refractivity contribution in [2.75, 3.05) is 0 Å². The monoisotopic (exact) mass is 350 g/mol. The number of amides is 1. The van der Waals surface area contributed by atoms with Gasteiger partial charge in [0, 0.05) is 6.04 Å². The fraction of sp³-hybridized carbons (Fsp3) is 0.158. The second-order valence-electron chi connectivity index (χ2n) is 5.94. The number of aromatic nitrogens is 3. The lowest BCUT2D eigenvalue weighted by atomic mass is 10.1. The molecule has 1 aromatic heterocycles. The smallest absolute Gasteiger partial charge is 0.335 e. The molecule has 0 aliphatic carbocycles. The van der Waals surface area contributed by atoms with Gasteiger partial charge < -0.3 is 10.4 Å². The quantitative estimate of drug-likeness (QED) is 0.711. The van der Waals surface area contributed by atoms with Crippen molar-refractivity contribution in [1.29, 1.82) is 0 Å². The lowest BCUT2D eigenvalue weighted by Gasteiger charge is -2.13. The van der Waals surface area contributed by atoms with E-state index in [1.165, 1.54) is 11.0 Å². The number of aromatic carboxylic acids is 1. The Labute approximate surface area is 150 Å². The number of rotatable bonds is 6. The predicted octanol–water partition coefficient (Wildman–Crippen LogP) is 2.33. The maximum Gasteiger partial charge on any atom is 0.335 e. The second-order valence-corrected chi connectivity index (χ2v) is 5.94. The molecule has 26 heavy (non-hydrogen) atoms. The molecule has 2 aromatic carbocycles. The van der Waals surface area contributed by atoms with Gasteiger partial charge in [-0.25, -0.2) is 4.79 Å². The molecular formula is C19H18N4O3. The summed E-state index contributed by atoms with van der Waals surface area (Å²) in [4.78, 5) is 24.6. The zero-order chi connectivity index (χ0) is 18.5. The Hall–Kier alpha value is -3.48. The lowest BCUT2D eigenvalue weighted by Crippen LogP contribution is -2.34. The van der Waals surface area contributed by atoms with E-state index in [1.807, 2.05) is 37.3 Å². The number of carbonyl (C=O) groups is 2. The molecule has 0 aliphatic rings. The van der Waals surface area contributed by atoms with Crippen LogP contribution in [0.2, 0.25) is 0 Å². The molecule has 1 atom stereocenters. The van der Waals surface area contributed by atoms with Crippen LogP contribution in [0, 0.1) is 0 Å². The summed E-state index contributed by atoms with van der Waals surface area (Å²) in [6.07, 6.45) is 2.01. The molecule has 2 N–H and O–H groups in total. The Morgan fingerprint density at radius 2 is 1.81 bits per heavy atom. The van der Waals surface area contributed by atoms with Crippen LogP contribution >= 0.6 is 0 Å². The van der Waals surface area contributed by atoms with Gasteiger partial charge in [0.15, 0.2) is 5.69 Å². The van der Waals surface area contributed by atoms with E-state index in [-0.39, 0.29) is 23.2 Å². The van der Waals surface area contributed by atoms with E-state index in [0.29, 0.717) is 6.42 Å². The van der Waals surface area contributed by atoms with E-state index in [0.717, 1.165) is 11.3 Å². The van der Waals surface area contributed by atoms with Crippen LogP contribution in [0.25, 0.3) is 5.69 Å². The first-order chi connectivity index (χ1) is 12.5. The SMILES string of the molecule is CC(Cc1ccc(C(=O)O)cc1)NC(=O)c1cnn(-c2ccccc2)n1. The average molecular weight is 350 g/mol. The van der Waals surface area contributed by atoms with Crippen LogP contribution in [0.4, 0.5) is 0 Å². The molecule has 1 amide bonds. The summed E-state index contributed by atoms with van der Waals surface area (Å²) in [5, 5.41) is 20.1. The molecule has 0 radical (unpaired) electrons. The Morgan fingerprint density at radius 1 is 1.12 bits per heavy atom. The third-order valence-electron chi connectivity index (χ3n) is 3.83. The molecule has 1 unspecified atom stereocenters. The van der Waals surface area contributed by atoms with Crippen molar-refractivity contribution in [1.82, 2.24) is 20.3 Å². The van der Waals surface area contributed by atoms with E-state index in [9.17, 15) is 9.59 Å². The van der Waals surface area contributed by atoms with Crippen molar-refractivity contribution in [3.05, 3.63) is 77.6 Å². The molecule has 3 aromatic rings. The zero-order valence-electron chi connectivity index (χ0n) is 14.2. The predicted molar refractivity (Wildman–Crippen MR) is 95.4 cm³/mol. The number of carbonyl (C=O) groups excluding carboxylic acids is 1. The van der Waals surface area contributed by atoms with Gasteiger partial charge in [0.25, 0.3) is 5.91 Å². The minimum atomic E-state index is -0.959. The van der Waals surface area contributed by atoms with Gasteiger partial charge in [-0.1, -0.05) is 30.3 Å². The van der Waals surface area contributed by atoms with E-state index >= 15 is 0 Å². The highest BCUT2D eigenvalue weighted by molar-refractivity contribution is 5.92. The summed E-state index contributed by atoms with van der Waals surface area (Å²) in [5.41, 5.74) is 2.19. The Kier molecular flexibility index (Phi) is 5.07. The first kappa shape index (κ1) is 17.3. The highest BCUT2D eigenvalue weighted by Gasteiger charge is 2.14. The highest BCUT2D eigenvalue weighted by atomic mass is 16.4. The molecular weight excluding hydrogens is 332 g/mol. The summed E-state index contributed by atoms with van der Waals surface area (Å²) in [6.45, 7) is 1.88. The number of carboxylic acid groups (broad SMARTS) is 1. The minimum Gasteiger partial charge on any atom is -0.478 e. The molecule has 0 aliphatic heterocycles. The van der Waals surface area contributed by atoms with Gasteiger partial charge in [0.05, 0.1) is 17.4 Å². The molecule has 7 nitrogen and oxygen atoms in total. The number of nitrogens with one attached hydrogen (secondary N) is 1. The average Bonchev–Trinajstić information content (AvgIpc) is 3.13.